The summed E-state index contributed by atoms with van der Waals surface area (Å²) in [5.74, 6) is 1.71. The number of methoxy groups -OCH3 is 2. The first-order chi connectivity index (χ1) is 14.4. The summed E-state index contributed by atoms with van der Waals surface area (Å²) in [7, 11) is 3.11. The highest BCUT2D eigenvalue weighted by molar-refractivity contribution is 6.32. The molecular formula is C23H33ClN2O4. The number of nitrogens with zero attached hydrogens (tertiary/aromatic N) is 2. The van der Waals surface area contributed by atoms with Gasteiger partial charge in [0.15, 0.2) is 11.5 Å². The summed E-state index contributed by atoms with van der Waals surface area (Å²) in [4.78, 5) is 17.1. The van der Waals surface area contributed by atoms with Crippen LogP contribution >= 0.6 is 11.6 Å². The van der Waals surface area contributed by atoms with Crippen LogP contribution in [-0.2, 0) is 9.53 Å². The Kier molecular flexibility index (Phi) is 8.03. The third-order valence-corrected chi connectivity index (χ3v) is 6.09. The van der Waals surface area contributed by atoms with Crippen LogP contribution in [0.1, 0.15) is 32.3 Å². The van der Waals surface area contributed by atoms with Crippen molar-refractivity contribution in [1.82, 2.24) is 9.80 Å². The molecule has 0 aliphatic carbocycles. The highest BCUT2D eigenvalue weighted by Gasteiger charge is 2.27. The number of likely N-dealkylation sites (tertiary alicyclic amines) is 1. The molecule has 30 heavy (non-hydrogen) atoms. The van der Waals surface area contributed by atoms with Crippen LogP contribution in [0.4, 0.5) is 0 Å². The minimum atomic E-state index is 0.0352. The van der Waals surface area contributed by atoms with Crippen molar-refractivity contribution in [3.8, 4) is 11.5 Å². The Hall–Kier alpha value is -1.76. The maximum absolute atomic E-state index is 12.6. The summed E-state index contributed by atoms with van der Waals surface area (Å²) in [6, 6.07) is 3.58. The lowest BCUT2D eigenvalue weighted by molar-refractivity contribution is -0.127. The molecule has 0 N–H and O–H groups in total. The number of benzene rings is 1. The lowest BCUT2D eigenvalue weighted by Gasteiger charge is -2.39. The summed E-state index contributed by atoms with van der Waals surface area (Å²) in [5, 5.41) is 0.455. The molecule has 2 unspecified atom stereocenters. The second kappa shape index (κ2) is 10.5. The maximum Gasteiger partial charge on any atom is 0.246 e. The summed E-state index contributed by atoms with van der Waals surface area (Å²) >= 11 is 6.25. The molecule has 0 spiro atoms. The van der Waals surface area contributed by atoms with E-state index in [1.807, 2.05) is 11.0 Å². The Bertz CT molecular complexity index is 752. The zero-order valence-corrected chi connectivity index (χ0v) is 19.2. The van der Waals surface area contributed by atoms with Crippen LogP contribution < -0.4 is 9.47 Å². The van der Waals surface area contributed by atoms with Gasteiger partial charge in [-0.15, -0.1) is 0 Å². The van der Waals surface area contributed by atoms with Crippen LogP contribution in [0.2, 0.25) is 5.02 Å². The minimum absolute atomic E-state index is 0.0352. The number of amides is 1. The van der Waals surface area contributed by atoms with Gasteiger partial charge in [-0.25, -0.2) is 0 Å². The number of rotatable bonds is 6. The fraction of sp³-hybridized carbons (Fsp3) is 0.609. The minimum Gasteiger partial charge on any atom is -0.493 e. The highest BCUT2D eigenvalue weighted by Crippen LogP contribution is 2.36. The molecule has 2 aliphatic heterocycles. The van der Waals surface area contributed by atoms with Crippen molar-refractivity contribution < 1.29 is 19.0 Å². The number of hydrogen-bond acceptors (Lipinski definition) is 5. The van der Waals surface area contributed by atoms with E-state index in [2.05, 4.69) is 18.7 Å². The fourth-order valence-electron chi connectivity index (χ4n) is 4.44. The molecule has 0 radical (unpaired) electrons. The smallest absolute Gasteiger partial charge is 0.246 e. The molecule has 7 heteroatoms. The number of hydrogen-bond donors (Lipinski definition) is 0. The Labute approximate surface area is 184 Å². The van der Waals surface area contributed by atoms with E-state index in [1.165, 1.54) is 0 Å². The first kappa shape index (κ1) is 22.9. The summed E-state index contributed by atoms with van der Waals surface area (Å²) < 4.78 is 16.4. The van der Waals surface area contributed by atoms with Crippen molar-refractivity contribution in [2.45, 2.75) is 38.9 Å². The Morgan fingerprint density at radius 3 is 2.43 bits per heavy atom. The second-order valence-electron chi connectivity index (χ2n) is 8.32. The molecule has 2 aliphatic rings. The quantitative estimate of drug-likeness (QED) is 0.636. The molecule has 166 valence electrons. The number of morpholine rings is 1. The van der Waals surface area contributed by atoms with Gasteiger partial charge in [-0.1, -0.05) is 11.6 Å². The van der Waals surface area contributed by atoms with Crippen molar-refractivity contribution in [2.75, 3.05) is 46.9 Å². The lowest BCUT2D eigenvalue weighted by Crippen LogP contribution is -2.48. The number of piperidine rings is 1. The summed E-state index contributed by atoms with van der Waals surface area (Å²) in [6.45, 7) is 8.98. The Balaban J connectivity index is 1.51. The molecule has 0 aromatic heterocycles. The predicted octanol–water partition coefficient (Wildman–Crippen LogP) is 3.72. The number of ether oxygens (including phenoxy) is 3. The van der Waals surface area contributed by atoms with Crippen molar-refractivity contribution in [3.05, 3.63) is 28.8 Å². The van der Waals surface area contributed by atoms with Crippen LogP contribution in [0.15, 0.2) is 18.2 Å². The van der Waals surface area contributed by atoms with Gasteiger partial charge in [0, 0.05) is 38.8 Å². The molecular weight excluding hydrogens is 404 g/mol. The van der Waals surface area contributed by atoms with E-state index in [4.69, 9.17) is 25.8 Å². The molecule has 2 saturated heterocycles. The Morgan fingerprint density at radius 1 is 1.17 bits per heavy atom. The lowest BCUT2D eigenvalue weighted by atomic mass is 9.95. The largest absolute Gasteiger partial charge is 0.493 e. The third kappa shape index (κ3) is 5.90. The molecule has 1 amide bonds. The Morgan fingerprint density at radius 2 is 1.83 bits per heavy atom. The van der Waals surface area contributed by atoms with E-state index >= 15 is 0 Å². The molecule has 2 atom stereocenters. The fourth-order valence-corrected chi connectivity index (χ4v) is 4.74. The first-order valence-electron chi connectivity index (χ1n) is 10.7. The molecule has 1 aromatic carbocycles. The monoisotopic (exact) mass is 436 g/mol. The van der Waals surface area contributed by atoms with E-state index in [1.54, 1.807) is 32.4 Å². The van der Waals surface area contributed by atoms with Crippen molar-refractivity contribution in [2.24, 2.45) is 5.92 Å². The zero-order chi connectivity index (χ0) is 21.7. The van der Waals surface area contributed by atoms with Crippen LogP contribution in [0.5, 0.6) is 11.5 Å². The van der Waals surface area contributed by atoms with Crippen LogP contribution in [0, 0.1) is 5.92 Å². The molecule has 2 fully saturated rings. The van der Waals surface area contributed by atoms with Crippen LogP contribution in [-0.4, -0.2) is 74.9 Å². The molecule has 0 saturated carbocycles. The van der Waals surface area contributed by atoms with Gasteiger partial charge in [0.05, 0.1) is 31.5 Å². The molecule has 1 aromatic rings. The van der Waals surface area contributed by atoms with Crippen molar-refractivity contribution in [1.29, 1.82) is 0 Å². The number of carbonyl (C=O) groups excluding carboxylic acids is 1. The summed E-state index contributed by atoms with van der Waals surface area (Å²) in [5.41, 5.74) is 0.802. The van der Waals surface area contributed by atoms with Gasteiger partial charge >= 0.3 is 0 Å². The van der Waals surface area contributed by atoms with Crippen LogP contribution in [0.3, 0.4) is 0 Å². The van der Waals surface area contributed by atoms with Gasteiger partial charge in [-0.3, -0.25) is 9.69 Å². The normalized spacial score (nSPS) is 23.7. The topological polar surface area (TPSA) is 51.2 Å². The SMILES string of the molecule is COc1cc(/C=C/C(=O)N2CCC(CN3CC(C)OC(C)C3)CC2)cc(Cl)c1OC. The number of carbonyl (C=O) groups is 1. The van der Waals surface area contributed by atoms with Gasteiger partial charge in [-0.05, 0) is 56.4 Å². The predicted molar refractivity (Wildman–Crippen MR) is 119 cm³/mol. The maximum atomic E-state index is 12.6. The summed E-state index contributed by atoms with van der Waals surface area (Å²) in [6.07, 6.45) is 6.07. The average molecular weight is 437 g/mol. The van der Waals surface area contributed by atoms with Gasteiger partial charge in [-0.2, -0.15) is 0 Å². The van der Waals surface area contributed by atoms with E-state index in [9.17, 15) is 4.79 Å². The highest BCUT2D eigenvalue weighted by atomic mass is 35.5. The zero-order valence-electron chi connectivity index (χ0n) is 18.4. The van der Waals surface area contributed by atoms with Gasteiger partial charge in [0.25, 0.3) is 0 Å². The van der Waals surface area contributed by atoms with Crippen molar-refractivity contribution >= 4 is 23.6 Å². The van der Waals surface area contributed by atoms with E-state index in [0.29, 0.717) is 34.6 Å². The first-order valence-corrected chi connectivity index (χ1v) is 11.0. The van der Waals surface area contributed by atoms with E-state index in [-0.39, 0.29) is 5.91 Å². The molecule has 6 nitrogen and oxygen atoms in total. The van der Waals surface area contributed by atoms with E-state index < -0.39 is 0 Å². The molecule has 0 bridgehead atoms. The van der Waals surface area contributed by atoms with Crippen molar-refractivity contribution in [3.63, 3.8) is 0 Å². The van der Waals surface area contributed by atoms with Crippen LogP contribution in [0.25, 0.3) is 6.08 Å². The second-order valence-corrected chi connectivity index (χ2v) is 8.72. The molecule has 2 heterocycles. The van der Waals surface area contributed by atoms with Gasteiger partial charge < -0.3 is 19.1 Å². The van der Waals surface area contributed by atoms with E-state index in [0.717, 1.165) is 51.1 Å². The average Bonchev–Trinajstić information content (AvgIpc) is 2.71. The molecule has 3 rings (SSSR count). The number of halogens is 1. The van der Waals surface area contributed by atoms with Gasteiger partial charge in [0.1, 0.15) is 0 Å². The third-order valence-electron chi connectivity index (χ3n) is 5.81. The van der Waals surface area contributed by atoms with Gasteiger partial charge in [0.2, 0.25) is 5.91 Å². The standard InChI is InChI=1S/C23H33ClN2O4/c1-16-13-25(14-17(2)30-16)15-18-7-9-26(10-8-18)22(27)6-5-19-11-20(24)23(29-4)21(12-19)28-3/h5-6,11-12,16-18H,7-10,13-15H2,1-4H3/b6-5+.